The molecule has 1 spiro atoms. The number of nitrogens with zero attached hydrogens (tertiary/aromatic N) is 1. The second-order valence-corrected chi connectivity index (χ2v) is 5.44. The summed E-state index contributed by atoms with van der Waals surface area (Å²) >= 11 is 0. The van der Waals surface area contributed by atoms with Gasteiger partial charge in [-0.1, -0.05) is 0 Å². The number of hydrogen-bond donors (Lipinski definition) is 1. The quantitative estimate of drug-likeness (QED) is 0.833. The Kier molecular flexibility index (Phi) is 2.62. The minimum Gasteiger partial charge on any atom is -0.308 e. The second kappa shape index (κ2) is 3.95. The fourth-order valence-corrected chi connectivity index (χ4v) is 2.62. The number of pyridine rings is 1. The van der Waals surface area contributed by atoms with Crippen molar-refractivity contribution in [3.63, 3.8) is 0 Å². The summed E-state index contributed by atoms with van der Waals surface area (Å²) in [5.41, 5.74) is 0.543. The van der Waals surface area contributed by atoms with Crippen LogP contribution in [0.5, 0.6) is 0 Å². The maximum Gasteiger partial charge on any atom is 0.417 e. The lowest BCUT2D eigenvalue weighted by Gasteiger charge is -2.29. The molecule has 2 aliphatic rings. The van der Waals surface area contributed by atoms with E-state index in [1.807, 2.05) is 0 Å². The zero-order valence-electron chi connectivity index (χ0n) is 9.93. The van der Waals surface area contributed by atoms with E-state index < -0.39 is 11.7 Å². The van der Waals surface area contributed by atoms with E-state index in [-0.39, 0.29) is 6.04 Å². The lowest BCUT2D eigenvalue weighted by atomic mass is 9.90. The summed E-state index contributed by atoms with van der Waals surface area (Å²) in [7, 11) is 0. The van der Waals surface area contributed by atoms with Gasteiger partial charge < -0.3 is 5.32 Å². The molecule has 0 radical (unpaired) electrons. The molecule has 98 valence electrons. The average molecular weight is 256 g/mol. The van der Waals surface area contributed by atoms with Crippen LogP contribution in [0.25, 0.3) is 0 Å². The van der Waals surface area contributed by atoms with Crippen LogP contribution in [-0.4, -0.2) is 11.5 Å². The number of aromatic nitrogens is 1. The average Bonchev–Trinajstić information content (AvgIpc) is 3.09. The van der Waals surface area contributed by atoms with Crippen molar-refractivity contribution in [2.75, 3.05) is 6.54 Å². The van der Waals surface area contributed by atoms with Crippen LogP contribution in [0.2, 0.25) is 0 Å². The molecular weight excluding hydrogens is 241 g/mol. The Bertz CT molecular complexity index is 425. The van der Waals surface area contributed by atoms with Gasteiger partial charge in [-0.05, 0) is 43.2 Å². The summed E-state index contributed by atoms with van der Waals surface area (Å²) in [6.07, 6.45) is 1.33. The fraction of sp³-hybridized carbons (Fsp3) is 0.615. The molecule has 1 unspecified atom stereocenters. The Morgan fingerprint density at radius 2 is 2.00 bits per heavy atom. The summed E-state index contributed by atoms with van der Waals surface area (Å²) < 4.78 is 37.2. The van der Waals surface area contributed by atoms with Gasteiger partial charge in [0.15, 0.2) is 0 Å². The molecule has 0 amide bonds. The molecule has 1 N–H and O–H groups in total. The van der Waals surface area contributed by atoms with Crippen molar-refractivity contribution in [1.29, 1.82) is 0 Å². The number of hydrogen-bond acceptors (Lipinski definition) is 2. The van der Waals surface area contributed by atoms with Crippen LogP contribution in [-0.2, 0) is 6.18 Å². The monoisotopic (exact) mass is 256 g/mol. The van der Waals surface area contributed by atoms with Crippen molar-refractivity contribution in [1.82, 2.24) is 10.3 Å². The molecule has 2 heterocycles. The molecule has 3 rings (SSSR count). The molecule has 1 saturated carbocycles. The zero-order valence-corrected chi connectivity index (χ0v) is 9.93. The normalized spacial score (nSPS) is 26.3. The summed E-state index contributed by atoms with van der Waals surface area (Å²) in [6, 6.07) is 2.72. The number of alkyl halides is 3. The molecule has 0 aromatic carbocycles. The van der Waals surface area contributed by atoms with Crippen LogP contribution < -0.4 is 5.32 Å². The van der Waals surface area contributed by atoms with Crippen molar-refractivity contribution in [2.45, 2.75) is 37.9 Å². The SMILES string of the molecule is FC(F)(F)c1ccc(C2CCC3(CC3)CN2)nc1. The number of halogens is 3. The van der Waals surface area contributed by atoms with Gasteiger partial charge >= 0.3 is 6.18 Å². The molecule has 1 saturated heterocycles. The van der Waals surface area contributed by atoms with Crippen molar-refractivity contribution < 1.29 is 13.2 Å². The third kappa shape index (κ3) is 2.23. The van der Waals surface area contributed by atoms with Gasteiger partial charge in [0, 0.05) is 18.8 Å². The molecule has 0 bridgehead atoms. The van der Waals surface area contributed by atoms with Gasteiger partial charge in [-0.2, -0.15) is 13.2 Å². The third-order valence-corrected chi connectivity index (χ3v) is 4.11. The first-order valence-corrected chi connectivity index (χ1v) is 6.25. The topological polar surface area (TPSA) is 24.9 Å². The van der Waals surface area contributed by atoms with E-state index in [0.29, 0.717) is 5.41 Å². The second-order valence-electron chi connectivity index (χ2n) is 5.44. The molecule has 2 nitrogen and oxygen atoms in total. The Balaban J connectivity index is 1.69. The van der Waals surface area contributed by atoms with Crippen LogP contribution in [0.3, 0.4) is 0 Å². The van der Waals surface area contributed by atoms with Crippen molar-refractivity contribution in [2.24, 2.45) is 5.41 Å². The molecule has 18 heavy (non-hydrogen) atoms. The minimum atomic E-state index is -4.30. The summed E-state index contributed by atoms with van der Waals surface area (Å²) in [5, 5.41) is 3.40. The highest BCUT2D eigenvalue weighted by atomic mass is 19.4. The molecule has 5 heteroatoms. The first kappa shape index (κ1) is 12.0. The van der Waals surface area contributed by atoms with Gasteiger partial charge in [-0.15, -0.1) is 0 Å². The maximum absolute atomic E-state index is 12.4. The molecule has 1 aromatic heterocycles. The van der Waals surface area contributed by atoms with Crippen LogP contribution in [0.1, 0.15) is 43.0 Å². The van der Waals surface area contributed by atoms with E-state index >= 15 is 0 Å². The van der Waals surface area contributed by atoms with Crippen LogP contribution >= 0.6 is 0 Å². The molecule has 1 aliphatic heterocycles. The first-order chi connectivity index (χ1) is 8.49. The van der Waals surface area contributed by atoms with Gasteiger partial charge in [0.05, 0.1) is 11.3 Å². The van der Waals surface area contributed by atoms with E-state index in [1.54, 1.807) is 0 Å². The predicted octanol–water partition coefficient (Wildman–Crippen LogP) is 3.31. The molecule has 1 atom stereocenters. The highest BCUT2D eigenvalue weighted by molar-refractivity contribution is 5.20. The van der Waals surface area contributed by atoms with Crippen molar-refractivity contribution in [3.05, 3.63) is 29.6 Å². The van der Waals surface area contributed by atoms with Gasteiger partial charge in [0.1, 0.15) is 0 Å². The van der Waals surface area contributed by atoms with Crippen LogP contribution in [0.15, 0.2) is 18.3 Å². The van der Waals surface area contributed by atoms with E-state index in [9.17, 15) is 13.2 Å². The number of piperidine rings is 1. The maximum atomic E-state index is 12.4. The highest BCUT2D eigenvalue weighted by Gasteiger charge is 2.45. The summed E-state index contributed by atoms with van der Waals surface area (Å²) in [4.78, 5) is 3.95. The predicted molar refractivity (Wildman–Crippen MR) is 60.9 cm³/mol. The number of nitrogens with one attached hydrogen (secondary N) is 1. The van der Waals surface area contributed by atoms with E-state index in [1.165, 1.54) is 18.9 Å². The third-order valence-electron chi connectivity index (χ3n) is 4.11. The van der Waals surface area contributed by atoms with E-state index in [4.69, 9.17) is 0 Å². The summed E-state index contributed by atoms with van der Waals surface area (Å²) in [5.74, 6) is 0. The first-order valence-electron chi connectivity index (χ1n) is 6.25. The summed E-state index contributed by atoms with van der Waals surface area (Å²) in [6.45, 7) is 0.973. The lowest BCUT2D eigenvalue weighted by Crippen LogP contribution is -2.34. The van der Waals surface area contributed by atoms with Gasteiger partial charge in [-0.25, -0.2) is 0 Å². The van der Waals surface area contributed by atoms with Gasteiger partial charge in [0.2, 0.25) is 0 Å². The van der Waals surface area contributed by atoms with Crippen LogP contribution in [0, 0.1) is 5.41 Å². The highest BCUT2D eigenvalue weighted by Crippen LogP contribution is 2.52. The Morgan fingerprint density at radius 3 is 2.44 bits per heavy atom. The van der Waals surface area contributed by atoms with E-state index in [2.05, 4.69) is 10.3 Å². The lowest BCUT2D eigenvalue weighted by molar-refractivity contribution is -0.137. The Labute approximate surface area is 104 Å². The van der Waals surface area contributed by atoms with Gasteiger partial charge in [-0.3, -0.25) is 4.98 Å². The zero-order chi connectivity index (χ0) is 12.8. The molecular formula is C13H15F3N2. The molecule has 1 aliphatic carbocycles. The Hall–Kier alpha value is -1.10. The molecule has 1 aromatic rings. The van der Waals surface area contributed by atoms with Crippen molar-refractivity contribution >= 4 is 0 Å². The fourth-order valence-electron chi connectivity index (χ4n) is 2.62. The Morgan fingerprint density at radius 1 is 1.22 bits per heavy atom. The smallest absolute Gasteiger partial charge is 0.308 e. The van der Waals surface area contributed by atoms with Crippen LogP contribution in [0.4, 0.5) is 13.2 Å². The standard InChI is InChI=1S/C13H15F3N2/c14-13(15,16)9-1-2-10(17-7-9)11-3-4-12(5-6-12)8-18-11/h1-2,7,11,18H,3-6,8H2. The molecule has 2 fully saturated rings. The van der Waals surface area contributed by atoms with Gasteiger partial charge in [0.25, 0.3) is 0 Å². The van der Waals surface area contributed by atoms with Crippen molar-refractivity contribution in [3.8, 4) is 0 Å². The largest absolute Gasteiger partial charge is 0.417 e. The number of rotatable bonds is 1. The van der Waals surface area contributed by atoms with E-state index in [0.717, 1.165) is 37.3 Å². The minimum absolute atomic E-state index is 0.110.